The van der Waals surface area contributed by atoms with Crippen LogP contribution in [0.2, 0.25) is 0 Å². The summed E-state index contributed by atoms with van der Waals surface area (Å²) in [5, 5.41) is 23.3. The van der Waals surface area contributed by atoms with E-state index < -0.39 is 17.6 Å². The lowest BCUT2D eigenvalue weighted by atomic mass is 10.1. The smallest absolute Gasteiger partial charge is 0.337 e. The lowest BCUT2D eigenvalue weighted by molar-refractivity contribution is -0.155. The Morgan fingerprint density at radius 2 is 1.89 bits per heavy atom. The van der Waals surface area contributed by atoms with Crippen LogP contribution in [-0.2, 0) is 4.79 Å². The molecule has 0 radical (unpaired) electrons. The van der Waals surface area contributed by atoms with E-state index in [1.165, 1.54) is 12.8 Å². The van der Waals surface area contributed by atoms with Gasteiger partial charge in [0, 0.05) is 11.3 Å². The van der Waals surface area contributed by atoms with Crippen LogP contribution in [0.15, 0.2) is 0 Å². The second-order valence-corrected chi connectivity index (χ2v) is 6.48. The van der Waals surface area contributed by atoms with Crippen LogP contribution in [0.25, 0.3) is 0 Å². The van der Waals surface area contributed by atoms with Crippen molar-refractivity contribution in [2.45, 2.75) is 43.0 Å². The Bertz CT molecular complexity index is 341. The molecule has 1 saturated carbocycles. The Balaban J connectivity index is 2.34. The number of aliphatic hydroxyl groups is 1. The van der Waals surface area contributed by atoms with Crippen molar-refractivity contribution in [3.63, 3.8) is 0 Å². The summed E-state index contributed by atoms with van der Waals surface area (Å²) in [5.41, 5.74) is -1.94. The zero-order valence-electron chi connectivity index (χ0n) is 11.4. The maximum absolute atomic E-state index is 11.6. The third kappa shape index (κ3) is 4.58. The summed E-state index contributed by atoms with van der Waals surface area (Å²) >= 11 is 1.76. The molecule has 2 amide bonds. The lowest BCUT2D eigenvalue weighted by Crippen LogP contribution is -2.50. The van der Waals surface area contributed by atoms with E-state index in [-0.39, 0.29) is 11.3 Å². The van der Waals surface area contributed by atoms with Gasteiger partial charge in [-0.2, -0.15) is 11.8 Å². The Hall–Kier alpha value is -0.950. The molecule has 1 unspecified atom stereocenters. The van der Waals surface area contributed by atoms with Gasteiger partial charge in [0.2, 0.25) is 0 Å². The Morgan fingerprint density at radius 3 is 2.37 bits per heavy atom. The van der Waals surface area contributed by atoms with Crippen LogP contribution in [0.1, 0.15) is 32.6 Å². The number of carbonyl (C=O) groups is 2. The van der Waals surface area contributed by atoms with Gasteiger partial charge in [-0.05, 0) is 26.0 Å². The molecule has 19 heavy (non-hydrogen) atoms. The molecular formula is C12H22N2O4S. The minimum atomic E-state index is -1.94. The summed E-state index contributed by atoms with van der Waals surface area (Å²) in [5.74, 6) is -1.36. The summed E-state index contributed by atoms with van der Waals surface area (Å²) in [6, 6.07) is -0.443. The third-order valence-corrected chi connectivity index (χ3v) is 4.99. The fraction of sp³-hybridized carbons (Fsp3) is 0.833. The molecule has 0 aromatic carbocycles. The highest BCUT2D eigenvalue weighted by atomic mass is 32.2. The van der Waals surface area contributed by atoms with Crippen LogP contribution in [0.4, 0.5) is 4.79 Å². The monoisotopic (exact) mass is 290 g/mol. The van der Waals surface area contributed by atoms with Gasteiger partial charge in [0.05, 0.1) is 6.54 Å². The van der Waals surface area contributed by atoms with Crippen molar-refractivity contribution in [1.82, 2.24) is 10.6 Å². The van der Waals surface area contributed by atoms with Crippen LogP contribution < -0.4 is 10.6 Å². The van der Waals surface area contributed by atoms with Crippen molar-refractivity contribution >= 4 is 23.8 Å². The molecule has 0 aromatic rings. The van der Waals surface area contributed by atoms with Crippen LogP contribution in [0.3, 0.4) is 0 Å². The number of hydrogen-bond donors (Lipinski definition) is 4. The molecule has 1 atom stereocenters. The topological polar surface area (TPSA) is 98.7 Å². The maximum atomic E-state index is 11.6. The average molecular weight is 290 g/mol. The van der Waals surface area contributed by atoms with E-state index in [9.17, 15) is 14.7 Å². The van der Waals surface area contributed by atoms with Gasteiger partial charge >= 0.3 is 12.0 Å². The first kappa shape index (κ1) is 16.1. The van der Waals surface area contributed by atoms with Gasteiger partial charge < -0.3 is 20.8 Å². The van der Waals surface area contributed by atoms with Crippen LogP contribution in [0.5, 0.6) is 0 Å². The molecule has 0 spiro atoms. The van der Waals surface area contributed by atoms with Gasteiger partial charge in [0.15, 0.2) is 5.60 Å². The van der Waals surface area contributed by atoms with E-state index in [1.807, 2.05) is 6.26 Å². The molecule has 0 aromatic heterocycles. The highest BCUT2D eigenvalue weighted by Crippen LogP contribution is 2.39. The first-order valence-corrected chi connectivity index (χ1v) is 7.56. The minimum Gasteiger partial charge on any atom is -0.479 e. The number of carboxylic acid groups (broad SMARTS) is 1. The van der Waals surface area contributed by atoms with Crippen molar-refractivity contribution < 1.29 is 19.8 Å². The number of nitrogens with one attached hydrogen (secondary N) is 2. The number of hydrogen-bond acceptors (Lipinski definition) is 4. The second kappa shape index (κ2) is 6.47. The average Bonchev–Trinajstić information content (AvgIpc) is 2.83. The van der Waals surface area contributed by atoms with Crippen molar-refractivity contribution in [3.8, 4) is 0 Å². The molecule has 1 rings (SSSR count). The summed E-state index contributed by atoms with van der Waals surface area (Å²) in [4.78, 5) is 22.3. The predicted molar refractivity (Wildman–Crippen MR) is 74.4 cm³/mol. The largest absolute Gasteiger partial charge is 0.479 e. The van der Waals surface area contributed by atoms with Crippen LogP contribution in [-0.4, -0.2) is 51.9 Å². The lowest BCUT2D eigenvalue weighted by Gasteiger charge is -2.27. The molecule has 1 fully saturated rings. The molecule has 0 aliphatic heterocycles. The number of thioether (sulfide) groups is 1. The molecule has 1 aliphatic rings. The van der Waals surface area contributed by atoms with Gasteiger partial charge in [-0.25, -0.2) is 9.59 Å². The van der Waals surface area contributed by atoms with Gasteiger partial charge in [-0.1, -0.05) is 12.8 Å². The van der Waals surface area contributed by atoms with Crippen LogP contribution in [0, 0.1) is 0 Å². The number of amides is 2. The molecule has 6 nitrogen and oxygen atoms in total. The summed E-state index contributed by atoms with van der Waals surface area (Å²) in [6.07, 6.45) is 6.57. The van der Waals surface area contributed by atoms with Crippen molar-refractivity contribution in [2.75, 3.05) is 19.3 Å². The number of carboxylic acids is 1. The van der Waals surface area contributed by atoms with Gasteiger partial charge in [-0.15, -0.1) is 0 Å². The highest BCUT2D eigenvalue weighted by molar-refractivity contribution is 8.00. The molecule has 7 heteroatoms. The molecule has 110 valence electrons. The van der Waals surface area contributed by atoms with E-state index in [2.05, 4.69) is 10.6 Å². The SMILES string of the molecule is CSC1(CNC(=O)NCC(C)(O)C(=O)O)CCCC1. The highest BCUT2D eigenvalue weighted by Gasteiger charge is 2.34. The van der Waals surface area contributed by atoms with Gasteiger partial charge in [0.25, 0.3) is 0 Å². The van der Waals surface area contributed by atoms with Crippen LogP contribution >= 0.6 is 11.8 Å². The zero-order chi connectivity index (χ0) is 14.5. The first-order chi connectivity index (χ1) is 8.81. The fourth-order valence-electron chi connectivity index (χ4n) is 2.10. The van der Waals surface area contributed by atoms with E-state index in [0.717, 1.165) is 19.8 Å². The van der Waals surface area contributed by atoms with E-state index in [1.54, 1.807) is 11.8 Å². The first-order valence-electron chi connectivity index (χ1n) is 6.34. The zero-order valence-corrected chi connectivity index (χ0v) is 12.2. The Labute approximate surface area is 117 Å². The summed E-state index contributed by atoms with van der Waals surface area (Å²) in [6.45, 7) is 1.39. The van der Waals surface area contributed by atoms with Gasteiger partial charge in [0.1, 0.15) is 0 Å². The number of urea groups is 1. The molecule has 0 bridgehead atoms. The van der Waals surface area contributed by atoms with E-state index >= 15 is 0 Å². The maximum Gasteiger partial charge on any atom is 0.337 e. The Morgan fingerprint density at radius 1 is 1.32 bits per heavy atom. The summed E-state index contributed by atoms with van der Waals surface area (Å²) < 4.78 is 0.104. The van der Waals surface area contributed by atoms with E-state index in [4.69, 9.17) is 5.11 Å². The summed E-state index contributed by atoms with van der Waals surface area (Å²) in [7, 11) is 0. The second-order valence-electron chi connectivity index (χ2n) is 5.21. The molecule has 0 saturated heterocycles. The molecular weight excluding hydrogens is 268 g/mol. The minimum absolute atomic E-state index is 0.104. The standard InChI is InChI=1S/C12H22N2O4S/c1-11(18,9(15)16)7-13-10(17)14-8-12(19-2)5-3-4-6-12/h18H,3-8H2,1-2H3,(H,15,16)(H2,13,14,17). The quantitative estimate of drug-likeness (QED) is 0.580. The number of rotatable bonds is 6. The molecule has 4 N–H and O–H groups in total. The fourth-order valence-corrected chi connectivity index (χ4v) is 3.02. The normalized spacial score (nSPS) is 20.6. The predicted octanol–water partition coefficient (Wildman–Crippen LogP) is 0.797. The number of aliphatic carboxylic acids is 1. The Kier molecular flexibility index (Phi) is 5.49. The van der Waals surface area contributed by atoms with E-state index in [0.29, 0.717) is 6.54 Å². The van der Waals surface area contributed by atoms with Gasteiger partial charge in [-0.3, -0.25) is 0 Å². The van der Waals surface area contributed by atoms with Crippen molar-refractivity contribution in [3.05, 3.63) is 0 Å². The molecule has 0 heterocycles. The molecule has 1 aliphatic carbocycles. The third-order valence-electron chi connectivity index (χ3n) is 3.57. The van der Waals surface area contributed by atoms with Crippen molar-refractivity contribution in [2.24, 2.45) is 0 Å². The van der Waals surface area contributed by atoms with Crippen molar-refractivity contribution in [1.29, 1.82) is 0 Å². The number of carbonyl (C=O) groups excluding carboxylic acids is 1.